The van der Waals surface area contributed by atoms with Crippen LogP contribution in [0.1, 0.15) is 0 Å². The largest absolute Gasteiger partial charge is 0.262 e. The van der Waals surface area contributed by atoms with Crippen molar-refractivity contribution in [3.63, 3.8) is 0 Å². The Morgan fingerprint density at radius 2 is 2.38 bits per heavy atom. The molecule has 5 nitrogen and oxygen atoms in total. The highest BCUT2D eigenvalue weighted by molar-refractivity contribution is 5.72. The topological polar surface area (TPSA) is 56.0 Å². The molecule has 0 atom stereocenters. The molecule has 0 N–H and O–H groups in total. The first-order valence-corrected chi connectivity index (χ1v) is 3.77. The lowest BCUT2D eigenvalue weighted by molar-refractivity contribution is 1.10. The van der Waals surface area contributed by atoms with Gasteiger partial charge in [-0.05, 0) is 12.1 Å². The molecule has 0 aliphatic rings. The highest BCUT2D eigenvalue weighted by atomic mass is 15.2. The maximum atomic E-state index is 4.18. The van der Waals surface area contributed by atoms with Gasteiger partial charge in [-0.1, -0.05) is 0 Å². The van der Waals surface area contributed by atoms with Crippen LogP contribution in [0.15, 0.2) is 24.7 Å². The minimum absolute atomic E-state index is 0.694. The summed E-state index contributed by atoms with van der Waals surface area (Å²) in [7, 11) is 0. The lowest BCUT2D eigenvalue weighted by Gasteiger charge is -1.96. The van der Waals surface area contributed by atoms with Crippen molar-refractivity contribution in [3.8, 4) is 0 Å². The number of fused-ring (bicyclic) bond motifs is 3. The summed E-state index contributed by atoms with van der Waals surface area (Å²) in [5, 5.41) is 7.64. The van der Waals surface area contributed by atoms with Crippen molar-refractivity contribution in [2.75, 3.05) is 0 Å². The lowest BCUT2D eigenvalue weighted by Crippen LogP contribution is -1.91. The van der Waals surface area contributed by atoms with Gasteiger partial charge in [0, 0.05) is 0 Å². The number of pyridine rings is 1. The van der Waals surface area contributed by atoms with Crippen molar-refractivity contribution in [3.05, 3.63) is 30.9 Å². The van der Waals surface area contributed by atoms with Crippen LogP contribution in [0, 0.1) is 6.20 Å². The van der Waals surface area contributed by atoms with E-state index in [1.165, 1.54) is 0 Å². The quantitative estimate of drug-likeness (QED) is 0.492. The number of hydrogen-bond donors (Lipinski definition) is 0. The molecule has 13 heavy (non-hydrogen) atoms. The second kappa shape index (κ2) is 2.22. The molecule has 0 bridgehead atoms. The van der Waals surface area contributed by atoms with Crippen LogP contribution in [0.25, 0.3) is 16.8 Å². The molecule has 0 aromatic carbocycles. The van der Waals surface area contributed by atoms with Gasteiger partial charge in [-0.25, -0.2) is 9.97 Å². The zero-order valence-electron chi connectivity index (χ0n) is 6.55. The Morgan fingerprint density at radius 1 is 1.38 bits per heavy atom. The predicted molar refractivity (Wildman–Crippen MR) is 44.9 cm³/mol. The summed E-state index contributed by atoms with van der Waals surface area (Å²) in [5.41, 5.74) is 2.23. The fourth-order valence-corrected chi connectivity index (χ4v) is 1.25. The Morgan fingerprint density at radius 3 is 3.38 bits per heavy atom. The van der Waals surface area contributed by atoms with Crippen molar-refractivity contribution in [2.24, 2.45) is 0 Å². The molecule has 0 saturated heterocycles. The maximum Gasteiger partial charge on any atom is 0.180 e. The number of rotatable bonds is 0. The number of hydrogen-bond acceptors (Lipinski definition) is 4. The van der Waals surface area contributed by atoms with Crippen LogP contribution in [0.2, 0.25) is 0 Å². The van der Waals surface area contributed by atoms with E-state index in [1.807, 2.05) is 6.07 Å². The molecule has 61 valence electrons. The molecular formula is C8H4N5. The molecule has 0 saturated carbocycles. The average molecular weight is 170 g/mol. The zero-order valence-corrected chi connectivity index (χ0v) is 6.55. The van der Waals surface area contributed by atoms with E-state index in [4.69, 9.17) is 0 Å². The van der Waals surface area contributed by atoms with Crippen LogP contribution in [0.5, 0.6) is 0 Å². The predicted octanol–water partition coefficient (Wildman–Crippen LogP) is 0.473. The highest BCUT2D eigenvalue weighted by Gasteiger charge is 2.01. The summed E-state index contributed by atoms with van der Waals surface area (Å²) < 4.78 is 1.78. The van der Waals surface area contributed by atoms with Gasteiger partial charge in [0.25, 0.3) is 0 Å². The van der Waals surface area contributed by atoms with Crippen molar-refractivity contribution < 1.29 is 0 Å². The SMILES string of the molecule is [c]1ccc2ncc3nncn3c2n1. The fourth-order valence-electron chi connectivity index (χ4n) is 1.25. The van der Waals surface area contributed by atoms with Gasteiger partial charge < -0.3 is 0 Å². The molecule has 0 spiro atoms. The first kappa shape index (κ1) is 6.47. The average Bonchev–Trinajstić information content (AvgIpc) is 2.65. The Kier molecular flexibility index (Phi) is 1.11. The van der Waals surface area contributed by atoms with E-state index in [0.29, 0.717) is 5.65 Å². The van der Waals surface area contributed by atoms with E-state index in [-0.39, 0.29) is 0 Å². The molecule has 0 amide bonds. The van der Waals surface area contributed by atoms with Crippen LogP contribution >= 0.6 is 0 Å². The summed E-state index contributed by atoms with van der Waals surface area (Å²) in [6.45, 7) is 0. The van der Waals surface area contributed by atoms with Crippen molar-refractivity contribution in [2.45, 2.75) is 0 Å². The van der Waals surface area contributed by atoms with Crippen LogP contribution in [-0.4, -0.2) is 24.6 Å². The van der Waals surface area contributed by atoms with Crippen LogP contribution < -0.4 is 0 Å². The molecular weight excluding hydrogens is 166 g/mol. The summed E-state index contributed by atoms with van der Waals surface area (Å²) >= 11 is 0. The van der Waals surface area contributed by atoms with Crippen LogP contribution in [-0.2, 0) is 0 Å². The van der Waals surface area contributed by atoms with Gasteiger partial charge in [0.05, 0.1) is 12.4 Å². The summed E-state index contributed by atoms with van der Waals surface area (Å²) in [5.74, 6) is 0. The molecule has 1 radical (unpaired) electrons. The lowest BCUT2D eigenvalue weighted by atomic mass is 10.4. The van der Waals surface area contributed by atoms with Gasteiger partial charge in [-0.2, -0.15) is 0 Å². The minimum Gasteiger partial charge on any atom is -0.262 e. The summed E-state index contributed by atoms with van der Waals surface area (Å²) in [6.07, 6.45) is 6.03. The Bertz CT molecular complexity index is 571. The first-order chi connectivity index (χ1) is 6.45. The molecule has 3 aromatic heterocycles. The second-order valence-corrected chi connectivity index (χ2v) is 2.60. The molecule has 3 heterocycles. The summed E-state index contributed by atoms with van der Waals surface area (Å²) in [4.78, 5) is 8.25. The molecule has 0 aliphatic heterocycles. The van der Waals surface area contributed by atoms with E-state index in [0.717, 1.165) is 11.2 Å². The second-order valence-electron chi connectivity index (χ2n) is 2.60. The van der Waals surface area contributed by atoms with Gasteiger partial charge in [0.1, 0.15) is 11.8 Å². The smallest absolute Gasteiger partial charge is 0.180 e. The van der Waals surface area contributed by atoms with Gasteiger partial charge in [0.2, 0.25) is 0 Å². The Hall–Kier alpha value is -2.04. The third kappa shape index (κ3) is 0.807. The normalized spacial score (nSPS) is 11.1. The Balaban J connectivity index is 2.65. The van der Waals surface area contributed by atoms with Crippen molar-refractivity contribution in [1.29, 1.82) is 0 Å². The highest BCUT2D eigenvalue weighted by Crippen LogP contribution is 2.08. The van der Waals surface area contributed by atoms with Gasteiger partial charge in [-0.15, -0.1) is 10.2 Å². The molecule has 3 aromatic rings. The van der Waals surface area contributed by atoms with E-state index in [9.17, 15) is 0 Å². The fraction of sp³-hybridized carbons (Fsp3) is 0. The molecule has 0 aliphatic carbocycles. The monoisotopic (exact) mass is 170 g/mol. The number of aromatic nitrogens is 5. The first-order valence-electron chi connectivity index (χ1n) is 3.77. The third-order valence-electron chi connectivity index (χ3n) is 1.84. The molecule has 3 rings (SSSR count). The third-order valence-corrected chi connectivity index (χ3v) is 1.84. The van der Waals surface area contributed by atoms with E-state index < -0.39 is 0 Å². The molecule has 0 fully saturated rings. The van der Waals surface area contributed by atoms with E-state index in [2.05, 4.69) is 26.4 Å². The van der Waals surface area contributed by atoms with Crippen LogP contribution in [0.3, 0.4) is 0 Å². The maximum absolute atomic E-state index is 4.18. The van der Waals surface area contributed by atoms with Crippen LogP contribution in [0.4, 0.5) is 0 Å². The van der Waals surface area contributed by atoms with E-state index >= 15 is 0 Å². The molecule has 5 heteroatoms. The van der Waals surface area contributed by atoms with Crippen molar-refractivity contribution >= 4 is 16.8 Å². The Labute approximate surface area is 73.1 Å². The van der Waals surface area contributed by atoms with Crippen molar-refractivity contribution in [1.82, 2.24) is 24.6 Å². The van der Waals surface area contributed by atoms with Gasteiger partial charge in [0.15, 0.2) is 11.3 Å². The molecule has 0 unspecified atom stereocenters. The summed E-state index contributed by atoms with van der Waals surface area (Å²) in [6, 6.07) is 3.58. The minimum atomic E-state index is 0.694. The van der Waals surface area contributed by atoms with E-state index in [1.54, 1.807) is 23.0 Å². The van der Waals surface area contributed by atoms with Gasteiger partial charge >= 0.3 is 0 Å². The zero-order chi connectivity index (χ0) is 8.67. The number of nitrogens with zero attached hydrogens (tertiary/aromatic N) is 5. The van der Waals surface area contributed by atoms with Gasteiger partial charge in [-0.3, -0.25) is 4.40 Å². The standard InChI is InChI=1S/C8H4N5/c1-2-6-8(9-3-1)13-5-11-12-7(13)4-10-6/h1-2,4-5H.